The van der Waals surface area contributed by atoms with Gasteiger partial charge in [0, 0.05) is 24.4 Å². The largest absolute Gasteiger partial charge is 0.348 e. The second-order valence-corrected chi connectivity index (χ2v) is 7.23. The molecule has 2 heterocycles. The van der Waals surface area contributed by atoms with Crippen LogP contribution in [0.4, 0.5) is 0 Å². The summed E-state index contributed by atoms with van der Waals surface area (Å²) in [6, 6.07) is 7.80. The standard InChI is InChI=1S/C18H23N7O/c1-24(2)10-15-21-23-17(25(15)3)11-8-12(9-11)19-18(26)16-13-6-4-5-7-14(13)20-22-16/h4-7,11-12H,8-10H2,1-3H3,(H,19,26)(H,20,22). The zero-order valence-electron chi connectivity index (χ0n) is 15.2. The van der Waals surface area contributed by atoms with Crippen LogP contribution < -0.4 is 5.32 Å². The number of carbonyl (C=O) groups excluding carboxylic acids is 1. The van der Waals surface area contributed by atoms with Gasteiger partial charge in [-0.3, -0.25) is 9.89 Å². The summed E-state index contributed by atoms with van der Waals surface area (Å²) in [5, 5.41) is 19.6. The number of aromatic amines is 1. The molecule has 2 N–H and O–H groups in total. The van der Waals surface area contributed by atoms with E-state index in [9.17, 15) is 4.79 Å². The van der Waals surface area contributed by atoms with Crippen LogP contribution in [0, 0.1) is 0 Å². The average molecular weight is 353 g/mol. The molecule has 1 aromatic carbocycles. The first kappa shape index (κ1) is 16.7. The van der Waals surface area contributed by atoms with Crippen molar-refractivity contribution in [1.29, 1.82) is 0 Å². The summed E-state index contributed by atoms with van der Waals surface area (Å²) in [5.41, 5.74) is 1.33. The lowest BCUT2D eigenvalue weighted by Crippen LogP contribution is -2.44. The summed E-state index contributed by atoms with van der Waals surface area (Å²) in [6.07, 6.45) is 1.75. The number of hydrogen-bond donors (Lipinski definition) is 2. The van der Waals surface area contributed by atoms with E-state index in [-0.39, 0.29) is 11.9 Å². The van der Waals surface area contributed by atoms with Crippen molar-refractivity contribution in [2.75, 3.05) is 14.1 Å². The number of H-pyrrole nitrogens is 1. The van der Waals surface area contributed by atoms with Gasteiger partial charge in [0.15, 0.2) is 5.69 Å². The highest BCUT2D eigenvalue weighted by Gasteiger charge is 2.35. The number of amides is 1. The van der Waals surface area contributed by atoms with Gasteiger partial charge in [-0.15, -0.1) is 10.2 Å². The smallest absolute Gasteiger partial charge is 0.272 e. The van der Waals surface area contributed by atoms with Crippen LogP contribution >= 0.6 is 0 Å². The number of para-hydroxylation sites is 1. The lowest BCUT2D eigenvalue weighted by atomic mass is 9.79. The number of benzene rings is 1. The van der Waals surface area contributed by atoms with Crippen molar-refractivity contribution < 1.29 is 4.79 Å². The van der Waals surface area contributed by atoms with Crippen LogP contribution in [-0.4, -0.2) is 55.9 Å². The lowest BCUT2D eigenvalue weighted by molar-refractivity contribution is 0.0903. The molecule has 1 saturated carbocycles. The Morgan fingerprint density at radius 3 is 2.85 bits per heavy atom. The number of nitrogens with zero attached hydrogens (tertiary/aromatic N) is 5. The molecule has 1 fully saturated rings. The Morgan fingerprint density at radius 1 is 1.31 bits per heavy atom. The first-order valence-corrected chi connectivity index (χ1v) is 8.79. The maximum atomic E-state index is 12.5. The molecule has 2 aromatic heterocycles. The van der Waals surface area contributed by atoms with Crippen molar-refractivity contribution in [3.05, 3.63) is 41.6 Å². The maximum Gasteiger partial charge on any atom is 0.272 e. The Morgan fingerprint density at radius 2 is 2.08 bits per heavy atom. The highest BCUT2D eigenvalue weighted by Crippen LogP contribution is 2.36. The van der Waals surface area contributed by atoms with Crippen molar-refractivity contribution in [3.63, 3.8) is 0 Å². The molecule has 3 aromatic rings. The number of hydrogen-bond acceptors (Lipinski definition) is 5. The first-order chi connectivity index (χ1) is 12.5. The van der Waals surface area contributed by atoms with Crippen molar-refractivity contribution in [2.45, 2.75) is 31.3 Å². The molecule has 0 radical (unpaired) electrons. The van der Waals surface area contributed by atoms with Gasteiger partial charge < -0.3 is 14.8 Å². The van der Waals surface area contributed by atoms with Crippen LogP contribution in [0.25, 0.3) is 10.9 Å². The van der Waals surface area contributed by atoms with Crippen molar-refractivity contribution in [1.82, 2.24) is 35.2 Å². The van der Waals surface area contributed by atoms with Crippen LogP contribution in [0.5, 0.6) is 0 Å². The lowest BCUT2D eigenvalue weighted by Gasteiger charge is -2.34. The molecule has 136 valence electrons. The Kier molecular flexibility index (Phi) is 4.20. The average Bonchev–Trinajstić information content (AvgIpc) is 3.15. The molecule has 0 spiro atoms. The number of fused-ring (bicyclic) bond motifs is 1. The minimum absolute atomic E-state index is 0.128. The van der Waals surface area contributed by atoms with Gasteiger partial charge in [0.1, 0.15) is 11.6 Å². The molecule has 0 unspecified atom stereocenters. The summed E-state index contributed by atoms with van der Waals surface area (Å²) in [4.78, 5) is 14.6. The Balaban J connectivity index is 1.38. The molecule has 0 aliphatic heterocycles. The van der Waals surface area contributed by atoms with Gasteiger partial charge >= 0.3 is 0 Å². The first-order valence-electron chi connectivity index (χ1n) is 8.79. The fraction of sp³-hybridized carbons (Fsp3) is 0.444. The van der Waals surface area contributed by atoms with Gasteiger partial charge in [0.25, 0.3) is 5.91 Å². The van der Waals surface area contributed by atoms with E-state index in [1.165, 1.54) is 0 Å². The van der Waals surface area contributed by atoms with Crippen molar-refractivity contribution >= 4 is 16.8 Å². The molecule has 8 nitrogen and oxygen atoms in total. The van der Waals surface area contributed by atoms with Gasteiger partial charge in [-0.05, 0) is 33.0 Å². The molecule has 0 atom stereocenters. The summed E-state index contributed by atoms with van der Waals surface area (Å²) in [5.74, 6) is 2.17. The number of aromatic nitrogens is 5. The summed E-state index contributed by atoms with van der Waals surface area (Å²) in [7, 11) is 6.04. The summed E-state index contributed by atoms with van der Waals surface area (Å²) in [6.45, 7) is 0.766. The third-order valence-corrected chi connectivity index (χ3v) is 4.98. The third kappa shape index (κ3) is 2.96. The Bertz CT molecular complexity index is 936. The van der Waals surface area contributed by atoms with Crippen LogP contribution in [0.3, 0.4) is 0 Å². The summed E-state index contributed by atoms with van der Waals surface area (Å²) < 4.78 is 2.07. The van der Waals surface area contributed by atoms with Crippen LogP contribution in [0.15, 0.2) is 24.3 Å². The number of carbonyl (C=O) groups is 1. The predicted molar refractivity (Wildman–Crippen MR) is 97.7 cm³/mol. The minimum Gasteiger partial charge on any atom is -0.348 e. The molecule has 4 rings (SSSR count). The molecular formula is C18H23N7O. The number of nitrogens with one attached hydrogen (secondary N) is 2. The Hall–Kier alpha value is -2.74. The monoisotopic (exact) mass is 353 g/mol. The van der Waals surface area contributed by atoms with Crippen molar-refractivity contribution in [2.24, 2.45) is 7.05 Å². The molecule has 26 heavy (non-hydrogen) atoms. The normalized spacial score (nSPS) is 19.7. The van der Waals surface area contributed by atoms with Gasteiger partial charge in [-0.1, -0.05) is 18.2 Å². The minimum atomic E-state index is -0.128. The maximum absolute atomic E-state index is 12.5. The van der Waals surface area contributed by atoms with E-state index in [1.54, 1.807) is 0 Å². The molecule has 1 amide bonds. The molecular weight excluding hydrogens is 330 g/mol. The van der Waals surface area contributed by atoms with Crippen LogP contribution in [0.1, 0.15) is 40.9 Å². The zero-order chi connectivity index (χ0) is 18.3. The van der Waals surface area contributed by atoms with E-state index in [0.29, 0.717) is 11.6 Å². The van der Waals surface area contributed by atoms with Crippen LogP contribution in [0.2, 0.25) is 0 Å². The topological polar surface area (TPSA) is 91.7 Å². The molecule has 0 saturated heterocycles. The van der Waals surface area contributed by atoms with Gasteiger partial charge in [0.2, 0.25) is 0 Å². The zero-order valence-corrected chi connectivity index (χ0v) is 15.2. The highest BCUT2D eigenvalue weighted by atomic mass is 16.2. The fourth-order valence-corrected chi connectivity index (χ4v) is 3.49. The fourth-order valence-electron chi connectivity index (χ4n) is 3.49. The van der Waals surface area contributed by atoms with Gasteiger partial charge in [-0.2, -0.15) is 5.10 Å². The molecule has 8 heteroatoms. The van der Waals surface area contributed by atoms with E-state index >= 15 is 0 Å². The van der Waals surface area contributed by atoms with Gasteiger partial charge in [0.05, 0.1) is 12.1 Å². The summed E-state index contributed by atoms with van der Waals surface area (Å²) >= 11 is 0. The van der Waals surface area contributed by atoms with E-state index in [2.05, 4.69) is 35.2 Å². The molecule has 1 aliphatic carbocycles. The highest BCUT2D eigenvalue weighted by molar-refractivity contribution is 6.04. The van der Waals surface area contributed by atoms with Gasteiger partial charge in [-0.25, -0.2) is 0 Å². The van der Waals surface area contributed by atoms with Crippen molar-refractivity contribution in [3.8, 4) is 0 Å². The molecule has 0 bridgehead atoms. The van der Waals surface area contributed by atoms with E-state index in [0.717, 1.165) is 41.9 Å². The van der Waals surface area contributed by atoms with Crippen LogP contribution in [-0.2, 0) is 13.6 Å². The molecule has 1 aliphatic rings. The van der Waals surface area contributed by atoms with E-state index < -0.39 is 0 Å². The van der Waals surface area contributed by atoms with E-state index in [1.807, 2.05) is 45.4 Å². The van der Waals surface area contributed by atoms with E-state index in [4.69, 9.17) is 0 Å². The second-order valence-electron chi connectivity index (χ2n) is 7.23. The quantitative estimate of drug-likeness (QED) is 0.724. The Labute approximate surface area is 151 Å². The third-order valence-electron chi connectivity index (χ3n) is 4.98. The SMILES string of the molecule is CN(C)Cc1nnc(C2CC(NC(=O)c3n[nH]c4ccccc34)C2)n1C. The predicted octanol–water partition coefficient (Wildman–Crippen LogP) is 1.43. The second kappa shape index (κ2) is 6.53. The number of rotatable bonds is 5.